The molecule has 0 aliphatic carbocycles. The maximum absolute atomic E-state index is 12.3. The normalized spacial score (nSPS) is 11.5. The van der Waals surface area contributed by atoms with Crippen molar-refractivity contribution in [3.05, 3.63) is 29.8 Å². The quantitative estimate of drug-likeness (QED) is 0.679. The molecule has 0 unspecified atom stereocenters. The first-order valence-corrected chi connectivity index (χ1v) is 7.87. The summed E-state index contributed by atoms with van der Waals surface area (Å²) in [5, 5.41) is 0. The van der Waals surface area contributed by atoms with Gasteiger partial charge in [0.1, 0.15) is 5.75 Å². The van der Waals surface area contributed by atoms with Gasteiger partial charge in [0.2, 0.25) is 0 Å². The van der Waals surface area contributed by atoms with Crippen molar-refractivity contribution in [2.45, 2.75) is 20.3 Å². The Kier molecular flexibility index (Phi) is 6.41. The Morgan fingerprint density at radius 2 is 1.83 bits per heavy atom. The van der Waals surface area contributed by atoms with Gasteiger partial charge in [0.05, 0.1) is 26.5 Å². The van der Waals surface area contributed by atoms with E-state index in [1.165, 1.54) is 0 Å². The van der Waals surface area contributed by atoms with Crippen LogP contribution in [0.3, 0.4) is 0 Å². The minimum atomic E-state index is -2.95. The van der Waals surface area contributed by atoms with Crippen LogP contribution in [0.15, 0.2) is 24.3 Å². The Bertz CT molecular complexity index is 396. The highest BCUT2D eigenvalue weighted by atomic mass is 31.2. The molecule has 0 fully saturated rings. The fraction of sp³-hybridized carbons (Fsp3) is 0.538. The van der Waals surface area contributed by atoms with E-state index < -0.39 is 7.60 Å². The molecule has 5 heteroatoms. The lowest BCUT2D eigenvalue weighted by Crippen LogP contribution is -2.02. The van der Waals surface area contributed by atoms with Crippen molar-refractivity contribution < 1.29 is 18.3 Å². The summed E-state index contributed by atoms with van der Waals surface area (Å²) in [6.45, 7) is 4.43. The molecule has 18 heavy (non-hydrogen) atoms. The first kappa shape index (κ1) is 15.2. The molecule has 4 nitrogen and oxygen atoms in total. The Labute approximate surface area is 109 Å². The lowest BCUT2D eigenvalue weighted by molar-refractivity contribution is 0.220. The van der Waals surface area contributed by atoms with E-state index in [1.54, 1.807) is 7.11 Å². The molecule has 0 atom stereocenters. The van der Waals surface area contributed by atoms with E-state index in [0.29, 0.717) is 25.8 Å². The molecule has 0 spiro atoms. The van der Waals surface area contributed by atoms with Crippen molar-refractivity contribution in [3.63, 3.8) is 0 Å². The maximum Gasteiger partial charge on any atom is 0.330 e. The summed E-state index contributed by atoms with van der Waals surface area (Å²) < 4.78 is 27.9. The van der Waals surface area contributed by atoms with Crippen LogP contribution in [-0.4, -0.2) is 26.5 Å². The van der Waals surface area contributed by atoms with Crippen LogP contribution in [0.2, 0.25) is 0 Å². The van der Waals surface area contributed by atoms with E-state index in [1.807, 2.05) is 38.1 Å². The van der Waals surface area contributed by atoms with E-state index in [0.717, 1.165) is 11.3 Å². The van der Waals surface area contributed by atoms with Crippen molar-refractivity contribution in [1.29, 1.82) is 0 Å². The summed E-state index contributed by atoms with van der Waals surface area (Å²) in [5.74, 6) is 0.801. The van der Waals surface area contributed by atoms with Crippen LogP contribution in [0.4, 0.5) is 0 Å². The van der Waals surface area contributed by atoms with Gasteiger partial charge in [-0.3, -0.25) is 4.57 Å². The van der Waals surface area contributed by atoms with Crippen LogP contribution in [0.5, 0.6) is 5.75 Å². The zero-order chi connectivity index (χ0) is 13.4. The molecule has 0 aliphatic rings. The Morgan fingerprint density at radius 1 is 1.17 bits per heavy atom. The van der Waals surface area contributed by atoms with Crippen LogP contribution in [0.1, 0.15) is 19.4 Å². The molecule has 0 N–H and O–H groups in total. The van der Waals surface area contributed by atoms with Gasteiger partial charge in [-0.15, -0.1) is 0 Å². The maximum atomic E-state index is 12.3. The van der Waals surface area contributed by atoms with Crippen LogP contribution >= 0.6 is 7.60 Å². The predicted octanol–water partition coefficient (Wildman–Crippen LogP) is 3.50. The molecule has 0 heterocycles. The monoisotopic (exact) mass is 272 g/mol. The van der Waals surface area contributed by atoms with Gasteiger partial charge in [-0.05, 0) is 38.0 Å². The zero-order valence-corrected chi connectivity index (χ0v) is 12.1. The molecule has 0 saturated carbocycles. The molecule has 1 aromatic carbocycles. The molecule has 0 aromatic heterocycles. The average molecular weight is 272 g/mol. The van der Waals surface area contributed by atoms with Crippen molar-refractivity contribution in [2.24, 2.45) is 0 Å². The Morgan fingerprint density at radius 3 is 2.39 bits per heavy atom. The minimum Gasteiger partial charge on any atom is -0.497 e. The van der Waals surface area contributed by atoms with E-state index >= 15 is 0 Å². The first-order valence-electron chi connectivity index (χ1n) is 6.14. The summed E-state index contributed by atoms with van der Waals surface area (Å²) in [7, 11) is -1.32. The lowest BCUT2D eigenvalue weighted by atomic mass is 10.2. The summed E-state index contributed by atoms with van der Waals surface area (Å²) >= 11 is 0. The average Bonchev–Trinajstić information content (AvgIpc) is 2.37. The number of methoxy groups -OCH3 is 1. The third-order valence-electron chi connectivity index (χ3n) is 2.46. The van der Waals surface area contributed by atoms with Gasteiger partial charge >= 0.3 is 7.60 Å². The fourth-order valence-electron chi connectivity index (χ4n) is 1.65. The number of aryl methyl sites for hydroxylation is 1. The van der Waals surface area contributed by atoms with E-state index in [4.69, 9.17) is 13.8 Å². The van der Waals surface area contributed by atoms with E-state index in [-0.39, 0.29) is 0 Å². The zero-order valence-electron chi connectivity index (χ0n) is 11.2. The molecule has 0 amide bonds. The molecule has 0 radical (unpaired) electrons. The van der Waals surface area contributed by atoms with Crippen LogP contribution in [-0.2, 0) is 20.0 Å². The highest BCUT2D eigenvalue weighted by Gasteiger charge is 2.22. The topological polar surface area (TPSA) is 44.8 Å². The number of hydrogen-bond donors (Lipinski definition) is 0. The summed E-state index contributed by atoms with van der Waals surface area (Å²) in [6.07, 6.45) is 1.04. The second kappa shape index (κ2) is 7.57. The molecule has 1 aromatic rings. The summed E-state index contributed by atoms with van der Waals surface area (Å²) in [4.78, 5) is 0. The van der Waals surface area contributed by atoms with Crippen molar-refractivity contribution >= 4 is 7.60 Å². The molecule has 1 rings (SSSR count). The minimum absolute atomic E-state index is 0.391. The van der Waals surface area contributed by atoms with Gasteiger partial charge in [0.15, 0.2) is 0 Å². The van der Waals surface area contributed by atoms with Crippen molar-refractivity contribution in [3.8, 4) is 5.75 Å². The third-order valence-corrected chi connectivity index (χ3v) is 4.53. The lowest BCUT2D eigenvalue weighted by Gasteiger charge is -2.16. The SMILES string of the molecule is CCOP(=O)(CCc1cccc(OC)c1)OCC. The van der Waals surface area contributed by atoms with Gasteiger partial charge in [-0.1, -0.05) is 12.1 Å². The smallest absolute Gasteiger partial charge is 0.330 e. The van der Waals surface area contributed by atoms with Crippen LogP contribution in [0.25, 0.3) is 0 Å². The summed E-state index contributed by atoms with van der Waals surface area (Å²) in [5.41, 5.74) is 1.06. The van der Waals surface area contributed by atoms with E-state index in [2.05, 4.69) is 0 Å². The van der Waals surface area contributed by atoms with Crippen molar-refractivity contribution in [2.75, 3.05) is 26.5 Å². The largest absolute Gasteiger partial charge is 0.497 e. The Hall–Kier alpha value is -0.830. The highest BCUT2D eigenvalue weighted by Crippen LogP contribution is 2.48. The fourth-order valence-corrected chi connectivity index (χ4v) is 3.31. The molecule has 0 aliphatic heterocycles. The number of ether oxygens (including phenoxy) is 1. The molecular weight excluding hydrogens is 251 g/mol. The van der Waals surface area contributed by atoms with Crippen LogP contribution < -0.4 is 4.74 Å². The number of benzene rings is 1. The third kappa shape index (κ3) is 4.81. The van der Waals surface area contributed by atoms with Gasteiger partial charge in [-0.2, -0.15) is 0 Å². The van der Waals surface area contributed by atoms with E-state index in [9.17, 15) is 4.57 Å². The second-order valence-electron chi connectivity index (χ2n) is 3.77. The molecule has 0 saturated heterocycles. The van der Waals surface area contributed by atoms with Crippen molar-refractivity contribution in [1.82, 2.24) is 0 Å². The number of hydrogen-bond acceptors (Lipinski definition) is 4. The first-order chi connectivity index (χ1) is 8.63. The Balaban J connectivity index is 2.63. The standard InChI is InChI=1S/C13H21O4P/c1-4-16-18(14,17-5-2)10-9-12-7-6-8-13(11-12)15-3/h6-8,11H,4-5,9-10H2,1-3H3. The predicted molar refractivity (Wildman–Crippen MR) is 72.4 cm³/mol. The second-order valence-corrected chi connectivity index (χ2v) is 5.96. The highest BCUT2D eigenvalue weighted by molar-refractivity contribution is 7.53. The summed E-state index contributed by atoms with van der Waals surface area (Å²) in [6, 6.07) is 7.71. The van der Waals surface area contributed by atoms with Gasteiger partial charge in [0.25, 0.3) is 0 Å². The number of rotatable bonds is 8. The van der Waals surface area contributed by atoms with Gasteiger partial charge < -0.3 is 13.8 Å². The van der Waals surface area contributed by atoms with Crippen LogP contribution in [0, 0.1) is 0 Å². The van der Waals surface area contributed by atoms with Gasteiger partial charge in [0, 0.05) is 0 Å². The molecular formula is C13H21O4P. The van der Waals surface area contributed by atoms with Gasteiger partial charge in [-0.25, -0.2) is 0 Å². The molecule has 0 bridgehead atoms. The molecule has 102 valence electrons.